The van der Waals surface area contributed by atoms with Crippen molar-refractivity contribution in [2.45, 2.75) is 20.3 Å². The third-order valence-corrected chi connectivity index (χ3v) is 4.31. The van der Waals surface area contributed by atoms with Crippen molar-refractivity contribution < 1.29 is 4.79 Å². The van der Waals surface area contributed by atoms with E-state index in [2.05, 4.69) is 17.2 Å². The fourth-order valence-electron chi connectivity index (χ4n) is 1.61. The number of hydrogen-bond acceptors (Lipinski definition) is 3. The van der Waals surface area contributed by atoms with E-state index >= 15 is 0 Å². The van der Waals surface area contributed by atoms with Crippen LogP contribution in [0.15, 0.2) is 18.2 Å². The summed E-state index contributed by atoms with van der Waals surface area (Å²) in [6.07, 6.45) is 0.917. The van der Waals surface area contributed by atoms with Crippen molar-refractivity contribution in [2.24, 2.45) is 0 Å². The maximum Gasteiger partial charge on any atom is 0.265 e. The fraction of sp³-hybridized carbons (Fsp3) is 0.231. The van der Waals surface area contributed by atoms with Gasteiger partial charge < -0.3 is 5.32 Å². The molecule has 0 bridgehead atoms. The van der Waals surface area contributed by atoms with Crippen LogP contribution < -0.4 is 5.32 Å². The summed E-state index contributed by atoms with van der Waals surface area (Å²) in [7, 11) is 0. The molecule has 19 heavy (non-hydrogen) atoms. The van der Waals surface area contributed by atoms with Crippen molar-refractivity contribution in [3.63, 3.8) is 0 Å². The Morgan fingerprint density at radius 3 is 2.74 bits per heavy atom. The Hall–Kier alpha value is -1.10. The topological polar surface area (TPSA) is 42.0 Å². The number of anilines is 1. The first kappa shape index (κ1) is 14.3. The number of amides is 1. The van der Waals surface area contributed by atoms with Crippen LogP contribution in [0.5, 0.6) is 0 Å². The maximum absolute atomic E-state index is 12.1. The minimum Gasteiger partial charge on any atom is -0.318 e. The zero-order valence-electron chi connectivity index (χ0n) is 10.5. The highest BCUT2D eigenvalue weighted by molar-refractivity contribution is 7.14. The van der Waals surface area contributed by atoms with Crippen molar-refractivity contribution in [3.8, 4) is 0 Å². The zero-order valence-corrected chi connectivity index (χ0v) is 12.8. The number of thiophene rings is 1. The molecule has 0 saturated carbocycles. The van der Waals surface area contributed by atoms with Crippen molar-refractivity contribution >= 4 is 46.1 Å². The quantitative estimate of drug-likeness (QED) is 0.843. The van der Waals surface area contributed by atoms with Crippen molar-refractivity contribution in [2.75, 3.05) is 5.32 Å². The van der Waals surface area contributed by atoms with E-state index in [4.69, 9.17) is 23.2 Å². The van der Waals surface area contributed by atoms with E-state index in [0.717, 1.165) is 12.0 Å². The predicted octanol–water partition coefficient (Wildman–Crippen LogP) is 4.57. The number of carbonyl (C=O) groups excluding carboxylic acids is 1. The first-order chi connectivity index (χ1) is 9.01. The molecule has 2 aromatic heterocycles. The third-order valence-electron chi connectivity index (χ3n) is 2.61. The van der Waals surface area contributed by atoms with Gasteiger partial charge in [0.1, 0.15) is 5.15 Å². The average Bonchev–Trinajstić information content (AvgIpc) is 2.82. The Morgan fingerprint density at radius 2 is 2.16 bits per heavy atom. The molecule has 3 nitrogen and oxygen atoms in total. The molecule has 0 fully saturated rings. The molecule has 6 heteroatoms. The molecule has 1 amide bonds. The fourth-order valence-corrected chi connectivity index (χ4v) is 3.03. The second-order valence-electron chi connectivity index (χ2n) is 4.00. The molecular weight excluding hydrogens is 303 g/mol. The van der Waals surface area contributed by atoms with Crippen LogP contribution >= 0.6 is 34.5 Å². The van der Waals surface area contributed by atoms with Crippen LogP contribution in [-0.4, -0.2) is 10.9 Å². The summed E-state index contributed by atoms with van der Waals surface area (Å²) < 4.78 is 0. The molecule has 100 valence electrons. The van der Waals surface area contributed by atoms with Gasteiger partial charge >= 0.3 is 0 Å². The zero-order chi connectivity index (χ0) is 14.0. The van der Waals surface area contributed by atoms with Gasteiger partial charge in [-0.05, 0) is 37.1 Å². The number of hydrogen-bond donors (Lipinski definition) is 1. The summed E-state index contributed by atoms with van der Waals surface area (Å²) in [6.45, 7) is 3.87. The van der Waals surface area contributed by atoms with Gasteiger partial charge in [-0.2, -0.15) is 0 Å². The summed E-state index contributed by atoms with van der Waals surface area (Å²) in [6, 6.07) is 5.43. The minimum absolute atomic E-state index is 0.182. The molecule has 0 aliphatic rings. The van der Waals surface area contributed by atoms with Gasteiger partial charge in [0.25, 0.3) is 5.91 Å². The summed E-state index contributed by atoms with van der Waals surface area (Å²) in [5.41, 5.74) is 1.29. The minimum atomic E-state index is -0.182. The molecule has 0 aromatic carbocycles. The molecule has 0 atom stereocenters. The molecule has 2 heterocycles. The number of pyridine rings is 1. The number of carbonyl (C=O) groups is 1. The lowest BCUT2D eigenvalue weighted by atomic mass is 10.2. The lowest BCUT2D eigenvalue weighted by molar-refractivity contribution is 0.103. The molecule has 1 N–H and O–H groups in total. The lowest BCUT2D eigenvalue weighted by Gasteiger charge is -2.09. The van der Waals surface area contributed by atoms with Crippen molar-refractivity contribution in [3.05, 3.63) is 43.8 Å². The SMILES string of the molecule is CCc1ccc(C(=O)Nc2c(C)cc(Cl)nc2Cl)s1. The van der Waals surface area contributed by atoms with Crippen LogP contribution in [0.2, 0.25) is 10.3 Å². The van der Waals surface area contributed by atoms with E-state index in [1.165, 1.54) is 16.2 Å². The van der Waals surface area contributed by atoms with E-state index in [-0.39, 0.29) is 11.1 Å². The standard InChI is InChI=1S/C13H12Cl2N2OS/c1-3-8-4-5-9(19-8)13(18)17-11-7(2)6-10(14)16-12(11)15/h4-6H,3H2,1-2H3,(H,17,18). The number of nitrogens with zero attached hydrogens (tertiary/aromatic N) is 1. The van der Waals surface area contributed by atoms with Gasteiger partial charge in [-0.3, -0.25) is 4.79 Å². The van der Waals surface area contributed by atoms with Gasteiger partial charge in [0.05, 0.1) is 10.6 Å². The van der Waals surface area contributed by atoms with Crippen LogP contribution in [0.1, 0.15) is 27.0 Å². The molecule has 0 radical (unpaired) electrons. The Bertz CT molecular complexity index is 602. The van der Waals surface area contributed by atoms with Crippen molar-refractivity contribution in [1.29, 1.82) is 0 Å². The molecule has 0 aliphatic heterocycles. The second-order valence-corrected chi connectivity index (χ2v) is 5.91. The van der Waals surface area contributed by atoms with Gasteiger partial charge in [-0.15, -0.1) is 11.3 Å². The highest BCUT2D eigenvalue weighted by Crippen LogP contribution is 2.27. The van der Waals surface area contributed by atoms with E-state index in [1.807, 2.05) is 19.1 Å². The number of aromatic nitrogens is 1. The smallest absolute Gasteiger partial charge is 0.265 e. The van der Waals surface area contributed by atoms with E-state index < -0.39 is 0 Å². The van der Waals surface area contributed by atoms with Crippen LogP contribution in [0.3, 0.4) is 0 Å². The Balaban J connectivity index is 2.24. The van der Waals surface area contributed by atoms with Crippen molar-refractivity contribution in [1.82, 2.24) is 4.98 Å². The average molecular weight is 315 g/mol. The van der Waals surface area contributed by atoms with Crippen LogP contribution in [-0.2, 0) is 6.42 Å². The highest BCUT2D eigenvalue weighted by atomic mass is 35.5. The van der Waals surface area contributed by atoms with Gasteiger partial charge in [0.2, 0.25) is 0 Å². The molecule has 0 unspecified atom stereocenters. The van der Waals surface area contributed by atoms with Gasteiger partial charge in [-0.25, -0.2) is 4.98 Å². The number of rotatable bonds is 3. The Morgan fingerprint density at radius 1 is 1.42 bits per heavy atom. The second kappa shape index (κ2) is 5.90. The van der Waals surface area contributed by atoms with E-state index in [0.29, 0.717) is 15.7 Å². The number of halogens is 2. The number of nitrogens with one attached hydrogen (secondary N) is 1. The monoisotopic (exact) mass is 314 g/mol. The largest absolute Gasteiger partial charge is 0.318 e. The van der Waals surface area contributed by atoms with Crippen LogP contribution in [0.4, 0.5) is 5.69 Å². The third kappa shape index (κ3) is 3.26. The van der Waals surface area contributed by atoms with Gasteiger partial charge in [-0.1, -0.05) is 30.1 Å². The molecule has 2 aromatic rings. The predicted molar refractivity (Wildman–Crippen MR) is 80.6 cm³/mol. The molecule has 0 saturated heterocycles. The summed E-state index contributed by atoms with van der Waals surface area (Å²) in [4.78, 5) is 17.9. The molecule has 2 rings (SSSR count). The Kier molecular flexibility index (Phi) is 4.45. The van der Waals surface area contributed by atoms with E-state index in [1.54, 1.807) is 6.07 Å². The van der Waals surface area contributed by atoms with Crippen LogP contribution in [0.25, 0.3) is 0 Å². The number of aryl methyl sites for hydroxylation is 2. The maximum atomic E-state index is 12.1. The van der Waals surface area contributed by atoms with E-state index in [9.17, 15) is 4.79 Å². The molecule has 0 aliphatic carbocycles. The summed E-state index contributed by atoms with van der Waals surface area (Å²) >= 11 is 13.3. The molecular formula is C13H12Cl2N2OS. The normalized spacial score (nSPS) is 10.5. The van der Waals surface area contributed by atoms with Gasteiger partial charge in [0, 0.05) is 4.88 Å². The first-order valence-corrected chi connectivity index (χ1v) is 7.31. The summed E-state index contributed by atoms with van der Waals surface area (Å²) in [5.74, 6) is -0.182. The highest BCUT2D eigenvalue weighted by Gasteiger charge is 2.14. The Labute approximate surface area is 125 Å². The van der Waals surface area contributed by atoms with Gasteiger partial charge in [0.15, 0.2) is 5.15 Å². The molecule has 0 spiro atoms. The first-order valence-electron chi connectivity index (χ1n) is 5.74. The van der Waals surface area contributed by atoms with Crippen LogP contribution in [0, 0.1) is 6.92 Å². The summed E-state index contributed by atoms with van der Waals surface area (Å²) in [5, 5.41) is 3.29. The lowest BCUT2D eigenvalue weighted by Crippen LogP contribution is -2.12.